The molecule has 0 N–H and O–H groups in total. The molecule has 20 heavy (non-hydrogen) atoms. The summed E-state index contributed by atoms with van der Waals surface area (Å²) in [6.07, 6.45) is 3.72. The second kappa shape index (κ2) is 7.41. The van der Waals surface area contributed by atoms with Crippen LogP contribution in [0, 0.1) is 11.8 Å². The van der Waals surface area contributed by atoms with Gasteiger partial charge in [-0.3, -0.25) is 4.79 Å². The average Bonchev–Trinajstić information content (AvgIpc) is 2.80. The number of amides is 1. The van der Waals surface area contributed by atoms with Crippen LogP contribution >= 0.6 is 22.9 Å². The normalized spacial score (nSPS) is 20.5. The van der Waals surface area contributed by atoms with E-state index in [0.717, 1.165) is 43.1 Å². The van der Waals surface area contributed by atoms with Crippen molar-refractivity contribution in [3.8, 4) is 0 Å². The van der Waals surface area contributed by atoms with Crippen LogP contribution in [-0.4, -0.2) is 28.9 Å². The quantitative estimate of drug-likeness (QED) is 0.776. The fourth-order valence-corrected chi connectivity index (χ4v) is 3.73. The molecule has 1 aromatic rings. The zero-order valence-corrected chi connectivity index (χ0v) is 13.8. The largest absolute Gasteiger partial charge is 0.342 e. The molecule has 1 fully saturated rings. The Kier molecular flexibility index (Phi) is 5.85. The summed E-state index contributed by atoms with van der Waals surface area (Å²) in [7, 11) is 0. The third-order valence-corrected chi connectivity index (χ3v) is 5.36. The summed E-state index contributed by atoms with van der Waals surface area (Å²) >= 11 is 7.40. The van der Waals surface area contributed by atoms with Crippen LogP contribution in [0.15, 0.2) is 5.38 Å². The van der Waals surface area contributed by atoms with Gasteiger partial charge < -0.3 is 4.90 Å². The Morgan fingerprint density at radius 1 is 1.50 bits per heavy atom. The van der Waals surface area contributed by atoms with E-state index in [2.05, 4.69) is 18.8 Å². The van der Waals surface area contributed by atoms with Gasteiger partial charge in [0, 0.05) is 31.3 Å². The number of rotatable bonds is 5. The minimum Gasteiger partial charge on any atom is -0.342 e. The van der Waals surface area contributed by atoms with Crippen molar-refractivity contribution in [1.82, 2.24) is 9.88 Å². The fourth-order valence-electron chi connectivity index (χ4n) is 2.72. The van der Waals surface area contributed by atoms with Crippen LogP contribution < -0.4 is 0 Å². The van der Waals surface area contributed by atoms with E-state index in [4.69, 9.17) is 11.6 Å². The Morgan fingerprint density at radius 3 is 2.95 bits per heavy atom. The first-order chi connectivity index (χ1) is 9.60. The predicted octanol–water partition coefficient (Wildman–Crippen LogP) is 3.71. The molecule has 3 nitrogen and oxygen atoms in total. The fraction of sp³-hybridized carbons (Fsp3) is 0.733. The number of likely N-dealkylation sites (tertiary alicyclic amines) is 1. The van der Waals surface area contributed by atoms with Gasteiger partial charge >= 0.3 is 0 Å². The monoisotopic (exact) mass is 314 g/mol. The highest BCUT2D eigenvalue weighted by atomic mass is 35.5. The molecule has 1 saturated heterocycles. The maximum atomic E-state index is 12.2. The molecule has 0 saturated carbocycles. The Balaban J connectivity index is 1.86. The lowest BCUT2D eigenvalue weighted by atomic mass is 9.89. The molecule has 1 aliphatic rings. The lowest BCUT2D eigenvalue weighted by Gasteiger charge is -2.21. The lowest BCUT2D eigenvalue weighted by molar-refractivity contribution is -0.130. The second-order valence-electron chi connectivity index (χ2n) is 5.83. The highest BCUT2D eigenvalue weighted by molar-refractivity contribution is 7.09. The van der Waals surface area contributed by atoms with Crippen LogP contribution in [0.5, 0.6) is 0 Å². The number of halogens is 1. The van der Waals surface area contributed by atoms with Crippen LogP contribution in [0.25, 0.3) is 0 Å². The number of nitrogens with zero attached hydrogens (tertiary/aromatic N) is 2. The smallest absolute Gasteiger partial charge is 0.222 e. The number of hydrogen-bond acceptors (Lipinski definition) is 3. The van der Waals surface area contributed by atoms with E-state index in [1.54, 1.807) is 11.3 Å². The second-order valence-corrected chi connectivity index (χ2v) is 7.04. The number of hydrogen-bond donors (Lipinski definition) is 0. The summed E-state index contributed by atoms with van der Waals surface area (Å²) in [4.78, 5) is 18.6. The molecule has 2 rings (SSSR count). The summed E-state index contributed by atoms with van der Waals surface area (Å²) in [6, 6.07) is 0. The highest BCUT2D eigenvalue weighted by Gasteiger charge is 2.24. The first kappa shape index (κ1) is 15.8. The van der Waals surface area contributed by atoms with Crippen molar-refractivity contribution < 1.29 is 4.79 Å². The minimum atomic E-state index is 0.308. The van der Waals surface area contributed by atoms with Crippen molar-refractivity contribution in [3.63, 3.8) is 0 Å². The van der Waals surface area contributed by atoms with Crippen molar-refractivity contribution >= 4 is 28.8 Å². The lowest BCUT2D eigenvalue weighted by Crippen LogP contribution is -2.32. The van der Waals surface area contributed by atoms with Crippen molar-refractivity contribution in [2.75, 3.05) is 13.1 Å². The van der Waals surface area contributed by atoms with Gasteiger partial charge in [0.1, 0.15) is 0 Å². The standard InChI is InChI=1S/C15H23ClN2OS/c1-11(2)12-3-4-15(19)18(7-5-12)8-6-14-17-13(9-16)10-20-14/h10-12H,3-9H2,1-2H3. The van der Waals surface area contributed by atoms with Gasteiger partial charge in [-0.1, -0.05) is 13.8 Å². The highest BCUT2D eigenvalue weighted by Crippen LogP contribution is 2.25. The first-order valence-corrected chi connectivity index (χ1v) is 8.78. The van der Waals surface area contributed by atoms with Gasteiger partial charge in [-0.25, -0.2) is 4.98 Å². The predicted molar refractivity (Wildman–Crippen MR) is 84.1 cm³/mol. The molecule has 1 aliphatic heterocycles. The number of alkyl halides is 1. The zero-order chi connectivity index (χ0) is 14.5. The van der Waals surface area contributed by atoms with Gasteiger partial charge in [0.2, 0.25) is 5.91 Å². The van der Waals surface area contributed by atoms with Crippen LogP contribution in [0.1, 0.15) is 43.8 Å². The van der Waals surface area contributed by atoms with E-state index < -0.39 is 0 Å². The van der Waals surface area contributed by atoms with E-state index in [9.17, 15) is 4.79 Å². The molecule has 1 unspecified atom stereocenters. The van der Waals surface area contributed by atoms with Crippen molar-refractivity contribution in [2.45, 2.75) is 45.4 Å². The molecule has 0 radical (unpaired) electrons. The molecule has 1 atom stereocenters. The van der Waals surface area contributed by atoms with E-state index in [1.807, 2.05) is 10.3 Å². The van der Waals surface area contributed by atoms with Crippen LogP contribution in [-0.2, 0) is 17.1 Å². The molecule has 112 valence electrons. The number of carbonyl (C=O) groups is 1. The van der Waals surface area contributed by atoms with Crippen molar-refractivity contribution in [2.24, 2.45) is 11.8 Å². The van der Waals surface area contributed by atoms with Crippen molar-refractivity contribution in [1.29, 1.82) is 0 Å². The van der Waals surface area contributed by atoms with Gasteiger partial charge in [0.05, 0.1) is 16.6 Å². The van der Waals surface area contributed by atoms with Gasteiger partial charge in [-0.15, -0.1) is 22.9 Å². The number of aromatic nitrogens is 1. The zero-order valence-electron chi connectivity index (χ0n) is 12.3. The average molecular weight is 315 g/mol. The summed E-state index contributed by atoms with van der Waals surface area (Å²) in [6.45, 7) is 6.20. The third-order valence-electron chi connectivity index (χ3n) is 4.13. The Morgan fingerprint density at radius 2 is 2.30 bits per heavy atom. The first-order valence-electron chi connectivity index (χ1n) is 7.37. The maximum Gasteiger partial charge on any atom is 0.222 e. The summed E-state index contributed by atoms with van der Waals surface area (Å²) in [5.74, 6) is 2.14. The third kappa shape index (κ3) is 4.19. The van der Waals surface area contributed by atoms with E-state index in [1.165, 1.54) is 0 Å². The number of thiazole rings is 1. The molecule has 2 heterocycles. The Bertz CT molecular complexity index is 447. The molecule has 1 aromatic heterocycles. The molecule has 0 spiro atoms. The summed E-state index contributed by atoms with van der Waals surface area (Å²) in [5.41, 5.74) is 0.939. The molecule has 0 aromatic carbocycles. The Hall–Kier alpha value is -0.610. The van der Waals surface area contributed by atoms with Gasteiger partial charge in [0.15, 0.2) is 0 Å². The van der Waals surface area contributed by atoms with Crippen molar-refractivity contribution in [3.05, 3.63) is 16.1 Å². The van der Waals surface area contributed by atoms with Gasteiger partial charge in [0.25, 0.3) is 0 Å². The molecule has 1 amide bonds. The summed E-state index contributed by atoms with van der Waals surface area (Å²) < 4.78 is 0. The molecule has 0 bridgehead atoms. The van der Waals surface area contributed by atoms with E-state index >= 15 is 0 Å². The van der Waals surface area contributed by atoms with E-state index in [0.29, 0.717) is 30.0 Å². The number of carbonyl (C=O) groups excluding carboxylic acids is 1. The molecular weight excluding hydrogens is 292 g/mol. The SMILES string of the molecule is CC(C)C1CCC(=O)N(CCc2nc(CCl)cs2)CC1. The Labute approximate surface area is 130 Å². The molecule has 0 aliphatic carbocycles. The summed E-state index contributed by atoms with van der Waals surface area (Å²) in [5, 5.41) is 3.08. The van der Waals surface area contributed by atoms with Crippen LogP contribution in [0.2, 0.25) is 0 Å². The molecular formula is C15H23ClN2OS. The molecule has 5 heteroatoms. The van der Waals surface area contributed by atoms with Crippen LogP contribution in [0.3, 0.4) is 0 Å². The maximum absolute atomic E-state index is 12.2. The van der Waals surface area contributed by atoms with Gasteiger partial charge in [-0.05, 0) is 24.7 Å². The van der Waals surface area contributed by atoms with Gasteiger partial charge in [-0.2, -0.15) is 0 Å². The van der Waals surface area contributed by atoms with Crippen LogP contribution in [0.4, 0.5) is 0 Å². The minimum absolute atomic E-state index is 0.308. The topological polar surface area (TPSA) is 33.2 Å². The van der Waals surface area contributed by atoms with E-state index in [-0.39, 0.29) is 0 Å².